The van der Waals surface area contributed by atoms with Crippen LogP contribution < -0.4 is 10.6 Å². The van der Waals surface area contributed by atoms with Gasteiger partial charge in [0.05, 0.1) is 11.3 Å². The number of nitrogens with zero attached hydrogens (tertiary/aromatic N) is 3. The fourth-order valence-electron chi connectivity index (χ4n) is 1.81. The summed E-state index contributed by atoms with van der Waals surface area (Å²) in [7, 11) is 0. The van der Waals surface area contributed by atoms with Gasteiger partial charge in [-0.05, 0) is 30.7 Å². The minimum absolute atomic E-state index is 0.122. The molecule has 0 aliphatic heterocycles. The molecule has 1 amide bonds. The van der Waals surface area contributed by atoms with E-state index in [1.807, 2.05) is 25.1 Å². The number of carbonyl (C=O) groups excluding carboxylic acids is 1. The first-order valence-corrected chi connectivity index (χ1v) is 6.74. The summed E-state index contributed by atoms with van der Waals surface area (Å²) < 4.78 is 0. The van der Waals surface area contributed by atoms with Crippen LogP contribution in [0.15, 0.2) is 54.4 Å². The van der Waals surface area contributed by atoms with Crippen molar-refractivity contribution in [3.63, 3.8) is 0 Å². The van der Waals surface area contributed by atoms with Gasteiger partial charge in [0.25, 0.3) is 5.91 Å². The molecule has 2 aromatic rings. The Bertz CT molecular complexity index is 843. The van der Waals surface area contributed by atoms with Crippen LogP contribution in [0.2, 0.25) is 0 Å². The molecule has 0 aliphatic carbocycles. The fourth-order valence-corrected chi connectivity index (χ4v) is 1.81. The van der Waals surface area contributed by atoms with Gasteiger partial charge in [0.15, 0.2) is 0 Å². The Hall–Kier alpha value is -3.64. The first kappa shape index (κ1) is 15.7. The monoisotopic (exact) mass is 303 g/mol. The molecule has 2 N–H and O–H groups in total. The summed E-state index contributed by atoms with van der Waals surface area (Å²) in [5.74, 6) is -0.0400. The first-order valence-electron chi connectivity index (χ1n) is 6.74. The van der Waals surface area contributed by atoms with Crippen molar-refractivity contribution in [1.29, 1.82) is 10.5 Å². The van der Waals surface area contributed by atoms with E-state index in [-0.39, 0.29) is 5.57 Å². The van der Waals surface area contributed by atoms with Crippen LogP contribution in [0.3, 0.4) is 0 Å². The molecule has 2 rings (SSSR count). The van der Waals surface area contributed by atoms with Gasteiger partial charge in [-0.15, -0.1) is 0 Å². The third-order valence-electron chi connectivity index (χ3n) is 3.02. The molecule has 0 aliphatic rings. The number of pyridine rings is 1. The largest absolute Gasteiger partial charge is 0.345 e. The Morgan fingerprint density at radius 3 is 2.70 bits per heavy atom. The Morgan fingerprint density at radius 2 is 2.00 bits per heavy atom. The minimum atomic E-state index is -0.601. The molecular weight excluding hydrogens is 290 g/mol. The fraction of sp³-hybridized carbons (Fsp3) is 0.0588. The maximum Gasteiger partial charge on any atom is 0.267 e. The van der Waals surface area contributed by atoms with Gasteiger partial charge in [0.2, 0.25) is 0 Å². The van der Waals surface area contributed by atoms with Crippen LogP contribution in [0.5, 0.6) is 0 Å². The topological polar surface area (TPSA) is 102 Å². The maximum atomic E-state index is 12.1. The van der Waals surface area contributed by atoms with Crippen LogP contribution in [0.25, 0.3) is 0 Å². The molecule has 1 aromatic carbocycles. The Balaban J connectivity index is 2.16. The number of aromatic nitrogens is 1. The molecule has 0 fully saturated rings. The highest BCUT2D eigenvalue weighted by Crippen LogP contribution is 2.15. The van der Waals surface area contributed by atoms with Crippen LogP contribution in [0, 0.1) is 29.6 Å². The van der Waals surface area contributed by atoms with E-state index in [2.05, 4.69) is 15.6 Å². The first-order chi connectivity index (χ1) is 11.2. The van der Waals surface area contributed by atoms with E-state index in [0.717, 1.165) is 5.56 Å². The highest BCUT2D eigenvalue weighted by atomic mass is 16.1. The Morgan fingerprint density at radius 1 is 1.22 bits per heavy atom. The van der Waals surface area contributed by atoms with Gasteiger partial charge >= 0.3 is 0 Å². The zero-order valence-electron chi connectivity index (χ0n) is 12.4. The number of benzene rings is 1. The van der Waals surface area contributed by atoms with Gasteiger partial charge < -0.3 is 10.6 Å². The third kappa shape index (κ3) is 3.93. The number of nitrogens with one attached hydrogen (secondary N) is 2. The molecule has 6 heteroatoms. The second-order valence-electron chi connectivity index (χ2n) is 4.59. The summed E-state index contributed by atoms with van der Waals surface area (Å²) in [4.78, 5) is 16.3. The molecule has 0 saturated carbocycles. The van der Waals surface area contributed by atoms with Crippen molar-refractivity contribution in [3.8, 4) is 12.1 Å². The molecule has 6 nitrogen and oxygen atoms in total. The average molecular weight is 303 g/mol. The average Bonchev–Trinajstić information content (AvgIpc) is 2.57. The van der Waals surface area contributed by atoms with Crippen molar-refractivity contribution in [1.82, 2.24) is 4.98 Å². The van der Waals surface area contributed by atoms with Crippen LogP contribution in [-0.4, -0.2) is 10.9 Å². The third-order valence-corrected chi connectivity index (χ3v) is 3.02. The second kappa shape index (κ2) is 7.39. The van der Waals surface area contributed by atoms with E-state index in [1.54, 1.807) is 36.5 Å². The predicted molar refractivity (Wildman–Crippen MR) is 86.1 cm³/mol. The number of rotatable bonds is 4. The van der Waals surface area contributed by atoms with E-state index < -0.39 is 5.91 Å². The summed E-state index contributed by atoms with van der Waals surface area (Å²) in [6.45, 7) is 1.86. The molecule has 112 valence electrons. The number of amides is 1. The van der Waals surface area contributed by atoms with E-state index in [4.69, 9.17) is 10.5 Å². The lowest BCUT2D eigenvalue weighted by atomic mass is 10.2. The van der Waals surface area contributed by atoms with E-state index >= 15 is 0 Å². The SMILES string of the molecule is Cc1cccnc1N/C=C(/C#N)C(=O)Nc1ccccc1C#N. The number of carbonyl (C=O) groups is 1. The molecular formula is C17H13N5O. The minimum Gasteiger partial charge on any atom is -0.345 e. The van der Waals surface area contributed by atoms with Crippen LogP contribution >= 0.6 is 0 Å². The Labute approximate surface area is 133 Å². The van der Waals surface area contributed by atoms with E-state index in [0.29, 0.717) is 17.1 Å². The van der Waals surface area contributed by atoms with E-state index in [1.165, 1.54) is 6.20 Å². The second-order valence-corrected chi connectivity index (χ2v) is 4.59. The summed E-state index contributed by atoms with van der Waals surface area (Å²) in [6.07, 6.45) is 2.90. The molecule has 0 bridgehead atoms. The summed E-state index contributed by atoms with van der Waals surface area (Å²) in [5, 5.41) is 23.5. The van der Waals surface area contributed by atoms with Crippen molar-refractivity contribution >= 4 is 17.4 Å². The predicted octanol–water partition coefficient (Wildman–Crippen LogP) is 2.72. The normalized spacial score (nSPS) is 10.3. The zero-order chi connectivity index (χ0) is 16.7. The number of nitriles is 2. The molecule has 1 heterocycles. The van der Waals surface area contributed by atoms with Crippen molar-refractivity contribution in [2.75, 3.05) is 10.6 Å². The van der Waals surface area contributed by atoms with Crippen LogP contribution in [0.1, 0.15) is 11.1 Å². The molecule has 0 radical (unpaired) electrons. The summed E-state index contributed by atoms with van der Waals surface area (Å²) >= 11 is 0. The number of hydrogen-bond donors (Lipinski definition) is 2. The quantitative estimate of drug-likeness (QED) is 0.668. The lowest BCUT2D eigenvalue weighted by Crippen LogP contribution is -2.15. The van der Waals surface area contributed by atoms with Crippen LogP contribution in [0.4, 0.5) is 11.5 Å². The molecule has 0 spiro atoms. The van der Waals surface area contributed by atoms with Crippen LogP contribution in [-0.2, 0) is 4.79 Å². The highest BCUT2D eigenvalue weighted by molar-refractivity contribution is 6.07. The molecule has 23 heavy (non-hydrogen) atoms. The summed E-state index contributed by atoms with van der Waals surface area (Å²) in [6, 6.07) is 14.0. The van der Waals surface area contributed by atoms with Gasteiger partial charge in [-0.1, -0.05) is 18.2 Å². The smallest absolute Gasteiger partial charge is 0.267 e. The molecule has 1 aromatic heterocycles. The van der Waals surface area contributed by atoms with Gasteiger partial charge in [0.1, 0.15) is 23.5 Å². The molecule has 0 unspecified atom stereocenters. The van der Waals surface area contributed by atoms with Gasteiger partial charge in [0, 0.05) is 12.4 Å². The number of para-hydroxylation sites is 1. The zero-order valence-corrected chi connectivity index (χ0v) is 12.4. The Kier molecular flexibility index (Phi) is 5.06. The van der Waals surface area contributed by atoms with Crippen molar-refractivity contribution in [2.24, 2.45) is 0 Å². The highest BCUT2D eigenvalue weighted by Gasteiger charge is 2.11. The molecule has 0 saturated heterocycles. The molecule has 0 atom stereocenters. The standard InChI is InChI=1S/C17H13N5O/c1-12-5-4-8-20-16(12)21-11-14(10-19)17(23)22-15-7-3-2-6-13(15)9-18/h2-8,11H,1H3,(H,20,21)(H,22,23)/b14-11-. The number of aryl methyl sites for hydroxylation is 1. The van der Waals surface area contributed by atoms with Crippen molar-refractivity contribution in [3.05, 3.63) is 65.5 Å². The van der Waals surface area contributed by atoms with Gasteiger partial charge in [-0.25, -0.2) is 4.98 Å². The van der Waals surface area contributed by atoms with Gasteiger partial charge in [-0.2, -0.15) is 10.5 Å². The number of anilines is 2. The summed E-state index contributed by atoms with van der Waals surface area (Å²) in [5.41, 5.74) is 1.45. The lowest BCUT2D eigenvalue weighted by Gasteiger charge is -2.07. The van der Waals surface area contributed by atoms with Gasteiger partial charge in [-0.3, -0.25) is 4.79 Å². The van der Waals surface area contributed by atoms with Crippen molar-refractivity contribution in [2.45, 2.75) is 6.92 Å². The maximum absolute atomic E-state index is 12.1. The lowest BCUT2D eigenvalue weighted by molar-refractivity contribution is -0.112. The van der Waals surface area contributed by atoms with Crippen molar-refractivity contribution < 1.29 is 4.79 Å². The van der Waals surface area contributed by atoms with E-state index in [9.17, 15) is 4.79 Å². The number of hydrogen-bond acceptors (Lipinski definition) is 5.